The molecule has 118 valence electrons. The number of nitrogens with zero attached hydrogens (tertiary/aromatic N) is 2. The van der Waals surface area contributed by atoms with E-state index >= 15 is 0 Å². The number of hydrogen-bond acceptors (Lipinski definition) is 4. The van der Waals surface area contributed by atoms with E-state index in [4.69, 9.17) is 11.6 Å². The monoisotopic (exact) mass is 345 g/mol. The van der Waals surface area contributed by atoms with Crippen molar-refractivity contribution < 1.29 is 0 Å². The highest BCUT2D eigenvalue weighted by atomic mass is 35.5. The third-order valence-corrected chi connectivity index (χ3v) is 5.30. The van der Waals surface area contributed by atoms with E-state index in [2.05, 4.69) is 31.7 Å². The summed E-state index contributed by atoms with van der Waals surface area (Å²) in [7, 11) is 0. The summed E-state index contributed by atoms with van der Waals surface area (Å²) in [6.45, 7) is 1.69. The van der Waals surface area contributed by atoms with Crippen molar-refractivity contribution in [3.63, 3.8) is 0 Å². The van der Waals surface area contributed by atoms with Gasteiger partial charge in [0.25, 0.3) is 5.56 Å². The summed E-state index contributed by atoms with van der Waals surface area (Å²) < 4.78 is 0. The van der Waals surface area contributed by atoms with E-state index in [9.17, 15) is 4.79 Å². The number of fused-ring (bicyclic) bond motifs is 1. The summed E-state index contributed by atoms with van der Waals surface area (Å²) >= 11 is 7.68. The number of halogens is 1. The smallest absolute Gasteiger partial charge is 0.258 e. The lowest BCUT2D eigenvalue weighted by Gasteiger charge is -2.23. The second-order valence-electron chi connectivity index (χ2n) is 5.86. The van der Waals surface area contributed by atoms with Gasteiger partial charge in [-0.15, -0.1) is 0 Å². The van der Waals surface area contributed by atoms with Crippen molar-refractivity contribution in [3.05, 3.63) is 61.8 Å². The molecule has 0 radical (unpaired) electrons. The van der Waals surface area contributed by atoms with Crippen molar-refractivity contribution >= 4 is 33.8 Å². The molecular formula is C17H16ClN3OS. The van der Waals surface area contributed by atoms with Gasteiger partial charge in [-0.05, 0) is 60.0 Å². The molecule has 0 amide bonds. The van der Waals surface area contributed by atoms with E-state index < -0.39 is 0 Å². The first kappa shape index (κ1) is 14.9. The molecule has 6 heteroatoms. The Morgan fingerprint density at radius 3 is 3.13 bits per heavy atom. The fraction of sp³-hybridized carbons (Fsp3) is 0.294. The van der Waals surface area contributed by atoms with Crippen LogP contribution < -0.4 is 5.56 Å². The Bertz CT molecular complexity index is 890. The minimum Gasteiger partial charge on any atom is -0.309 e. The lowest BCUT2D eigenvalue weighted by molar-refractivity contribution is 0.243. The number of nitrogens with one attached hydrogen (secondary N) is 1. The second kappa shape index (κ2) is 6.07. The number of hydrogen-bond donors (Lipinski definition) is 1. The Morgan fingerprint density at radius 2 is 2.30 bits per heavy atom. The number of thiophene rings is 1. The van der Waals surface area contributed by atoms with E-state index in [-0.39, 0.29) is 5.56 Å². The normalized spacial score (nSPS) is 18.7. The highest BCUT2D eigenvalue weighted by Gasteiger charge is 2.26. The van der Waals surface area contributed by atoms with E-state index in [0.717, 1.165) is 13.0 Å². The van der Waals surface area contributed by atoms with Crippen LogP contribution in [0, 0.1) is 0 Å². The maximum absolute atomic E-state index is 12.3. The van der Waals surface area contributed by atoms with E-state index in [1.54, 1.807) is 29.5 Å². The average Bonchev–Trinajstić information content (AvgIpc) is 3.19. The number of benzene rings is 1. The van der Waals surface area contributed by atoms with E-state index in [0.29, 0.717) is 34.3 Å². The molecule has 23 heavy (non-hydrogen) atoms. The first-order valence-corrected chi connectivity index (χ1v) is 8.97. The summed E-state index contributed by atoms with van der Waals surface area (Å²) in [4.78, 5) is 22.2. The molecule has 4 nitrogen and oxygen atoms in total. The van der Waals surface area contributed by atoms with Crippen molar-refractivity contribution in [3.8, 4) is 0 Å². The number of aromatic amines is 1. The quantitative estimate of drug-likeness (QED) is 0.781. The number of aromatic nitrogens is 2. The summed E-state index contributed by atoms with van der Waals surface area (Å²) in [5, 5.41) is 5.42. The van der Waals surface area contributed by atoms with Crippen LogP contribution in [-0.2, 0) is 6.54 Å². The molecule has 2 aromatic heterocycles. The average molecular weight is 346 g/mol. The van der Waals surface area contributed by atoms with Crippen molar-refractivity contribution in [2.45, 2.75) is 25.4 Å². The first-order chi connectivity index (χ1) is 11.2. The van der Waals surface area contributed by atoms with Crippen LogP contribution in [0.4, 0.5) is 0 Å². The van der Waals surface area contributed by atoms with Crippen molar-refractivity contribution in [2.75, 3.05) is 6.54 Å². The third-order valence-electron chi connectivity index (χ3n) is 4.36. The van der Waals surface area contributed by atoms with Gasteiger partial charge >= 0.3 is 0 Å². The van der Waals surface area contributed by atoms with Crippen molar-refractivity contribution in [1.29, 1.82) is 0 Å². The molecule has 1 atom stereocenters. The Hall–Kier alpha value is -1.69. The number of H-pyrrole nitrogens is 1. The van der Waals surface area contributed by atoms with Gasteiger partial charge in [0.05, 0.1) is 17.4 Å². The van der Waals surface area contributed by atoms with Crippen LogP contribution in [0.2, 0.25) is 5.02 Å². The zero-order chi connectivity index (χ0) is 15.8. The second-order valence-corrected chi connectivity index (χ2v) is 7.08. The standard InChI is InChI=1S/C17H16ClN3OS/c18-12-3-4-14-13(8-12)17(22)20-16(19-14)9-21-6-1-2-15(21)11-5-7-23-10-11/h3-5,7-8,10,15H,1-2,6,9H2,(H,19,20,22). The zero-order valence-electron chi connectivity index (χ0n) is 12.5. The van der Waals surface area contributed by atoms with Crippen LogP contribution in [0.5, 0.6) is 0 Å². The Morgan fingerprint density at radius 1 is 1.39 bits per heavy atom. The van der Waals surface area contributed by atoms with Crippen LogP contribution in [0.1, 0.15) is 30.3 Å². The number of rotatable bonds is 3. The highest BCUT2D eigenvalue weighted by Crippen LogP contribution is 2.33. The van der Waals surface area contributed by atoms with Gasteiger partial charge < -0.3 is 4.98 Å². The lowest BCUT2D eigenvalue weighted by atomic mass is 10.1. The van der Waals surface area contributed by atoms with Gasteiger partial charge in [-0.3, -0.25) is 9.69 Å². The largest absolute Gasteiger partial charge is 0.309 e. The molecule has 3 aromatic rings. The van der Waals surface area contributed by atoms with Gasteiger partial charge in [0.1, 0.15) is 5.82 Å². The maximum Gasteiger partial charge on any atom is 0.258 e. The Kier molecular flexibility index (Phi) is 3.93. The molecule has 1 saturated heterocycles. The van der Waals surface area contributed by atoms with Gasteiger partial charge in [-0.25, -0.2) is 4.98 Å². The first-order valence-electron chi connectivity index (χ1n) is 7.65. The van der Waals surface area contributed by atoms with E-state index in [1.165, 1.54) is 12.0 Å². The van der Waals surface area contributed by atoms with Crippen molar-refractivity contribution in [1.82, 2.24) is 14.9 Å². The van der Waals surface area contributed by atoms with Crippen LogP contribution in [0.3, 0.4) is 0 Å². The van der Waals surface area contributed by atoms with Crippen LogP contribution in [0.25, 0.3) is 10.9 Å². The lowest BCUT2D eigenvalue weighted by Crippen LogP contribution is -2.25. The van der Waals surface area contributed by atoms with Crippen LogP contribution in [-0.4, -0.2) is 21.4 Å². The maximum atomic E-state index is 12.3. The summed E-state index contributed by atoms with van der Waals surface area (Å²) in [5.41, 5.74) is 1.93. The van der Waals surface area contributed by atoms with Gasteiger partial charge in [0, 0.05) is 11.1 Å². The summed E-state index contributed by atoms with van der Waals surface area (Å²) in [5.74, 6) is 0.715. The molecule has 0 saturated carbocycles. The molecule has 3 heterocycles. The Balaban J connectivity index is 1.65. The molecule has 1 unspecified atom stereocenters. The van der Waals surface area contributed by atoms with Gasteiger partial charge in [0.2, 0.25) is 0 Å². The molecule has 1 fully saturated rings. The molecule has 0 bridgehead atoms. The molecule has 1 aromatic carbocycles. The highest BCUT2D eigenvalue weighted by molar-refractivity contribution is 7.07. The molecule has 1 N–H and O–H groups in total. The number of likely N-dealkylation sites (tertiary alicyclic amines) is 1. The third kappa shape index (κ3) is 2.92. The summed E-state index contributed by atoms with van der Waals surface area (Å²) in [6.07, 6.45) is 2.33. The molecule has 1 aliphatic heterocycles. The molecule has 1 aliphatic rings. The minimum absolute atomic E-state index is 0.126. The van der Waals surface area contributed by atoms with Gasteiger partial charge in [0.15, 0.2) is 0 Å². The minimum atomic E-state index is -0.126. The predicted octanol–water partition coefficient (Wildman–Crippen LogP) is 3.98. The van der Waals surface area contributed by atoms with Crippen LogP contribution in [0.15, 0.2) is 39.8 Å². The Labute approximate surface area is 142 Å². The zero-order valence-corrected chi connectivity index (χ0v) is 14.0. The molecule has 0 spiro atoms. The van der Waals surface area contributed by atoms with Crippen molar-refractivity contribution in [2.24, 2.45) is 0 Å². The predicted molar refractivity (Wildman–Crippen MR) is 94.1 cm³/mol. The van der Waals surface area contributed by atoms with Gasteiger partial charge in [-0.1, -0.05) is 11.6 Å². The SMILES string of the molecule is O=c1[nH]c(CN2CCCC2c2ccsc2)nc2ccc(Cl)cc12. The fourth-order valence-electron chi connectivity index (χ4n) is 3.28. The summed E-state index contributed by atoms with van der Waals surface area (Å²) in [6, 6.07) is 7.84. The van der Waals surface area contributed by atoms with Crippen LogP contribution >= 0.6 is 22.9 Å². The fourth-order valence-corrected chi connectivity index (χ4v) is 4.16. The van der Waals surface area contributed by atoms with Gasteiger partial charge in [-0.2, -0.15) is 11.3 Å². The topological polar surface area (TPSA) is 49.0 Å². The molecule has 4 rings (SSSR count). The van der Waals surface area contributed by atoms with E-state index in [1.807, 2.05) is 0 Å². The molecular weight excluding hydrogens is 330 g/mol. The molecule has 0 aliphatic carbocycles.